The smallest absolute Gasteiger partial charge is 0.301 e. The van der Waals surface area contributed by atoms with Gasteiger partial charge in [0.1, 0.15) is 5.75 Å². The number of benzene rings is 1. The number of azo groups is 1. The van der Waals surface area contributed by atoms with Gasteiger partial charge < -0.3 is 9.47 Å². The third-order valence-electron chi connectivity index (χ3n) is 4.10. The molecule has 0 unspecified atom stereocenters. The molecule has 0 fully saturated rings. The van der Waals surface area contributed by atoms with Crippen LogP contribution >= 0.6 is 0 Å². The lowest BCUT2D eigenvalue weighted by Gasteiger charge is -2.08. The van der Waals surface area contributed by atoms with Crippen LogP contribution in [-0.2, 0) is 0 Å². The summed E-state index contributed by atoms with van der Waals surface area (Å²) in [5.41, 5.74) is 2.49. The van der Waals surface area contributed by atoms with Crippen LogP contribution in [0.3, 0.4) is 0 Å². The second kappa shape index (κ2) is 7.40. The number of H-pyrrole nitrogens is 1. The fraction of sp³-hybridized carbons (Fsp3) is 0.278. The third kappa shape index (κ3) is 3.57. The number of nitrogens with one attached hydrogen (secondary N) is 1. The molecule has 1 N–H and O–H groups in total. The van der Waals surface area contributed by atoms with Gasteiger partial charge in [0.25, 0.3) is 5.95 Å². The first-order chi connectivity index (χ1) is 12.9. The number of hydrogen-bond donors (Lipinski definition) is 1. The summed E-state index contributed by atoms with van der Waals surface area (Å²) in [6.07, 6.45) is 0. The second-order valence-electron chi connectivity index (χ2n) is 5.87. The molecule has 0 saturated heterocycles. The molecule has 0 saturated carbocycles. The van der Waals surface area contributed by atoms with Crippen molar-refractivity contribution in [3.05, 3.63) is 51.6 Å². The van der Waals surface area contributed by atoms with Crippen molar-refractivity contribution in [2.75, 3.05) is 14.2 Å². The molecule has 0 amide bonds. The minimum atomic E-state index is -0.393. The van der Waals surface area contributed by atoms with Crippen molar-refractivity contribution >= 4 is 11.4 Å². The summed E-state index contributed by atoms with van der Waals surface area (Å²) in [4.78, 5) is 21.4. The van der Waals surface area contributed by atoms with Gasteiger partial charge in [-0.1, -0.05) is 0 Å². The number of nitrogens with zero attached hydrogens (tertiary/aromatic N) is 5. The number of ether oxygens (including phenoxy) is 2. The molecule has 1 aromatic carbocycles. The van der Waals surface area contributed by atoms with Gasteiger partial charge in [0.2, 0.25) is 5.88 Å². The molecule has 0 aliphatic carbocycles. The van der Waals surface area contributed by atoms with E-state index in [0.29, 0.717) is 17.3 Å². The van der Waals surface area contributed by atoms with Gasteiger partial charge in [0.05, 0.1) is 25.6 Å². The molecular weight excluding hydrogens is 348 g/mol. The van der Waals surface area contributed by atoms with Crippen LogP contribution in [0.1, 0.15) is 17.0 Å². The van der Waals surface area contributed by atoms with E-state index in [1.54, 1.807) is 38.3 Å². The molecule has 0 aliphatic rings. The average molecular weight is 368 g/mol. The van der Waals surface area contributed by atoms with Crippen molar-refractivity contribution in [3.8, 4) is 17.6 Å². The molecule has 0 radical (unpaired) electrons. The largest absolute Gasteiger partial charge is 0.497 e. The first-order valence-electron chi connectivity index (χ1n) is 8.21. The van der Waals surface area contributed by atoms with Crippen LogP contribution in [0.25, 0.3) is 5.95 Å². The summed E-state index contributed by atoms with van der Waals surface area (Å²) in [6.45, 7) is 5.42. The second-order valence-corrected chi connectivity index (χ2v) is 5.87. The Morgan fingerprint density at radius 2 is 1.70 bits per heavy atom. The highest BCUT2D eigenvalue weighted by atomic mass is 16.5. The van der Waals surface area contributed by atoms with E-state index in [1.807, 2.05) is 13.8 Å². The summed E-state index contributed by atoms with van der Waals surface area (Å²) in [5, 5.41) is 11.1. The summed E-state index contributed by atoms with van der Waals surface area (Å²) in [7, 11) is 3.11. The highest BCUT2D eigenvalue weighted by Gasteiger charge is 2.16. The van der Waals surface area contributed by atoms with Gasteiger partial charge in [0.15, 0.2) is 5.69 Å². The van der Waals surface area contributed by atoms with E-state index in [9.17, 15) is 4.79 Å². The summed E-state index contributed by atoms with van der Waals surface area (Å²) < 4.78 is 11.6. The Labute approximate surface area is 155 Å². The summed E-state index contributed by atoms with van der Waals surface area (Å²) in [6, 6.07) is 7.04. The minimum Gasteiger partial charge on any atom is -0.497 e. The molecule has 0 spiro atoms. The molecule has 3 rings (SSSR count). The SMILES string of the molecule is COc1ccc(N=Nc2c(C)[nH]n(-c3nc(C)c(C)c(OC)n3)c2=O)cc1. The molecule has 27 heavy (non-hydrogen) atoms. The first kappa shape index (κ1) is 18.3. The summed E-state index contributed by atoms with van der Waals surface area (Å²) >= 11 is 0. The molecule has 2 aromatic heterocycles. The number of aryl methyl sites for hydroxylation is 2. The molecule has 0 bridgehead atoms. The van der Waals surface area contributed by atoms with Gasteiger partial charge >= 0.3 is 5.56 Å². The molecule has 0 atom stereocenters. The van der Waals surface area contributed by atoms with Crippen molar-refractivity contribution in [2.45, 2.75) is 20.8 Å². The Hall–Kier alpha value is -3.49. The lowest BCUT2D eigenvalue weighted by Crippen LogP contribution is -2.18. The van der Waals surface area contributed by atoms with Crippen LogP contribution in [0.5, 0.6) is 11.6 Å². The maximum atomic E-state index is 12.7. The van der Waals surface area contributed by atoms with Crippen molar-refractivity contribution in [3.63, 3.8) is 0 Å². The normalized spacial score (nSPS) is 11.1. The van der Waals surface area contributed by atoms with Gasteiger partial charge in [-0.25, -0.2) is 4.98 Å². The molecule has 2 heterocycles. The van der Waals surface area contributed by atoms with Gasteiger partial charge in [-0.2, -0.15) is 14.8 Å². The van der Waals surface area contributed by atoms with Gasteiger partial charge in [-0.05, 0) is 45.0 Å². The van der Waals surface area contributed by atoms with Crippen molar-refractivity contribution < 1.29 is 9.47 Å². The zero-order chi connectivity index (χ0) is 19.6. The zero-order valence-electron chi connectivity index (χ0n) is 15.8. The fourth-order valence-corrected chi connectivity index (χ4v) is 2.44. The number of methoxy groups -OCH3 is 2. The Balaban J connectivity index is 1.99. The van der Waals surface area contributed by atoms with Crippen LogP contribution in [0.15, 0.2) is 39.3 Å². The maximum absolute atomic E-state index is 12.7. The van der Waals surface area contributed by atoms with E-state index >= 15 is 0 Å². The molecule has 9 nitrogen and oxygen atoms in total. The number of rotatable bonds is 5. The Kier molecular flexibility index (Phi) is 5.02. The highest BCUT2D eigenvalue weighted by molar-refractivity contribution is 5.44. The predicted octanol–water partition coefficient (Wildman–Crippen LogP) is 3.31. The van der Waals surface area contributed by atoms with Gasteiger partial charge in [-0.3, -0.25) is 9.89 Å². The van der Waals surface area contributed by atoms with Crippen LogP contribution in [0, 0.1) is 20.8 Å². The van der Waals surface area contributed by atoms with E-state index in [-0.39, 0.29) is 11.6 Å². The molecule has 9 heteroatoms. The van der Waals surface area contributed by atoms with Crippen molar-refractivity contribution in [2.24, 2.45) is 10.2 Å². The summed E-state index contributed by atoms with van der Waals surface area (Å²) in [5.74, 6) is 1.32. The monoisotopic (exact) mass is 368 g/mol. The number of hydrogen-bond acceptors (Lipinski definition) is 7. The zero-order valence-corrected chi connectivity index (χ0v) is 15.8. The van der Waals surface area contributed by atoms with E-state index < -0.39 is 5.56 Å². The number of aromatic nitrogens is 4. The van der Waals surface area contributed by atoms with Crippen LogP contribution in [-0.4, -0.2) is 34.0 Å². The Morgan fingerprint density at radius 1 is 1.00 bits per heavy atom. The van der Waals surface area contributed by atoms with E-state index in [2.05, 4.69) is 25.3 Å². The van der Waals surface area contributed by atoms with Crippen LogP contribution in [0.4, 0.5) is 11.4 Å². The topological polar surface area (TPSA) is 107 Å². The Morgan fingerprint density at radius 3 is 2.33 bits per heavy atom. The average Bonchev–Trinajstić information content (AvgIpc) is 2.96. The molecule has 140 valence electrons. The predicted molar refractivity (Wildman–Crippen MR) is 99.9 cm³/mol. The lowest BCUT2D eigenvalue weighted by molar-refractivity contribution is 0.391. The van der Waals surface area contributed by atoms with Crippen LogP contribution < -0.4 is 15.0 Å². The van der Waals surface area contributed by atoms with E-state index in [0.717, 1.165) is 17.0 Å². The van der Waals surface area contributed by atoms with E-state index in [4.69, 9.17) is 9.47 Å². The quantitative estimate of drug-likeness (QED) is 0.695. The molecular formula is C18H20N6O3. The van der Waals surface area contributed by atoms with Crippen LogP contribution in [0.2, 0.25) is 0 Å². The van der Waals surface area contributed by atoms with Gasteiger partial charge in [-0.15, -0.1) is 5.11 Å². The minimum absolute atomic E-state index is 0.187. The standard InChI is InChI=1S/C18H20N6O3/c1-10-11(2)19-18(20-16(10)27-5)24-17(25)15(12(3)23-24)22-21-13-6-8-14(26-4)9-7-13/h6-9,23H,1-5H3. The number of aromatic amines is 1. The lowest BCUT2D eigenvalue weighted by atomic mass is 10.3. The molecule has 0 aliphatic heterocycles. The van der Waals surface area contributed by atoms with Crippen molar-refractivity contribution in [1.82, 2.24) is 19.7 Å². The fourth-order valence-electron chi connectivity index (χ4n) is 2.44. The first-order valence-corrected chi connectivity index (χ1v) is 8.21. The maximum Gasteiger partial charge on any atom is 0.301 e. The highest BCUT2D eigenvalue weighted by Crippen LogP contribution is 2.22. The van der Waals surface area contributed by atoms with E-state index in [1.165, 1.54) is 11.8 Å². The molecule has 3 aromatic rings. The van der Waals surface area contributed by atoms with Gasteiger partial charge in [0, 0.05) is 11.3 Å². The Bertz CT molecular complexity index is 1050. The third-order valence-corrected chi connectivity index (χ3v) is 4.10. The van der Waals surface area contributed by atoms with Crippen molar-refractivity contribution in [1.29, 1.82) is 0 Å².